The average Bonchev–Trinajstić information content (AvgIpc) is 2.53. The molecule has 0 fully saturated rings. The van der Waals surface area contributed by atoms with Crippen LogP contribution in [-0.2, 0) is 11.2 Å². The number of carbonyl (C=O) groups is 2. The van der Waals surface area contributed by atoms with E-state index in [0.717, 1.165) is 17.7 Å². The Morgan fingerprint density at radius 1 is 1.12 bits per heavy atom. The molecule has 5 nitrogen and oxygen atoms in total. The highest BCUT2D eigenvalue weighted by Crippen LogP contribution is 2.13. The van der Waals surface area contributed by atoms with E-state index >= 15 is 0 Å². The van der Waals surface area contributed by atoms with E-state index in [-0.39, 0.29) is 12.0 Å². The summed E-state index contributed by atoms with van der Waals surface area (Å²) in [6, 6.07) is 8.25. The summed E-state index contributed by atoms with van der Waals surface area (Å²) in [6.45, 7) is 0. The first-order chi connectivity index (χ1) is 11.4. The number of halogens is 2. The van der Waals surface area contributed by atoms with Gasteiger partial charge in [0.1, 0.15) is 23.4 Å². The first-order valence-corrected chi connectivity index (χ1v) is 7.08. The maximum absolute atomic E-state index is 13.2. The third-order valence-corrected chi connectivity index (χ3v) is 3.37. The van der Waals surface area contributed by atoms with Gasteiger partial charge in [-0.15, -0.1) is 0 Å². The lowest BCUT2D eigenvalue weighted by molar-refractivity contribution is -0.119. The molecule has 2 amide bonds. The molecule has 0 aliphatic rings. The number of amides is 2. The Kier molecular flexibility index (Phi) is 5.47. The van der Waals surface area contributed by atoms with E-state index in [1.807, 2.05) is 0 Å². The first kappa shape index (κ1) is 17.4. The van der Waals surface area contributed by atoms with Crippen LogP contribution in [0.5, 0.6) is 5.75 Å². The molecule has 0 unspecified atom stereocenters. The van der Waals surface area contributed by atoms with Gasteiger partial charge in [0.2, 0.25) is 5.91 Å². The highest BCUT2D eigenvalue weighted by Gasteiger charge is 2.20. The van der Waals surface area contributed by atoms with Crippen LogP contribution < -0.4 is 15.8 Å². The van der Waals surface area contributed by atoms with Crippen LogP contribution in [0.15, 0.2) is 42.5 Å². The van der Waals surface area contributed by atoms with Crippen molar-refractivity contribution in [2.24, 2.45) is 5.73 Å². The van der Waals surface area contributed by atoms with Gasteiger partial charge in [-0.1, -0.05) is 12.1 Å². The van der Waals surface area contributed by atoms with Crippen LogP contribution in [0.2, 0.25) is 0 Å². The van der Waals surface area contributed by atoms with Crippen LogP contribution in [-0.4, -0.2) is 25.0 Å². The summed E-state index contributed by atoms with van der Waals surface area (Å²) in [6.07, 6.45) is 0.142. The van der Waals surface area contributed by atoms with Crippen LogP contribution in [0.25, 0.3) is 0 Å². The minimum Gasteiger partial charge on any atom is -0.497 e. The number of methoxy groups -OCH3 is 1. The Bertz CT molecular complexity index is 728. The Balaban J connectivity index is 2.12. The number of nitrogens with one attached hydrogen (secondary N) is 1. The Morgan fingerprint density at radius 2 is 1.71 bits per heavy atom. The average molecular weight is 334 g/mol. The van der Waals surface area contributed by atoms with Crippen molar-refractivity contribution in [3.05, 3.63) is 65.2 Å². The van der Waals surface area contributed by atoms with E-state index in [4.69, 9.17) is 10.5 Å². The molecular weight excluding hydrogens is 318 g/mol. The van der Waals surface area contributed by atoms with E-state index in [9.17, 15) is 18.4 Å². The number of hydrogen-bond donors (Lipinski definition) is 2. The van der Waals surface area contributed by atoms with Crippen molar-refractivity contribution in [1.82, 2.24) is 5.32 Å². The third-order valence-electron chi connectivity index (χ3n) is 3.37. The summed E-state index contributed by atoms with van der Waals surface area (Å²) in [5, 5.41) is 2.39. The quantitative estimate of drug-likeness (QED) is 0.845. The third kappa shape index (κ3) is 4.52. The number of carbonyl (C=O) groups excluding carboxylic acids is 2. The molecule has 2 rings (SSSR count). The lowest BCUT2D eigenvalue weighted by Crippen LogP contribution is -2.45. The lowest BCUT2D eigenvalue weighted by atomic mass is 10.0. The molecule has 0 saturated carbocycles. The smallest absolute Gasteiger partial charge is 0.252 e. The molecule has 1 atom stereocenters. The minimum atomic E-state index is -1.02. The van der Waals surface area contributed by atoms with Crippen molar-refractivity contribution in [3.8, 4) is 5.75 Å². The summed E-state index contributed by atoms with van der Waals surface area (Å²) < 4.78 is 31.4. The monoisotopic (exact) mass is 334 g/mol. The normalized spacial score (nSPS) is 11.6. The molecule has 3 N–H and O–H groups in total. The molecule has 126 valence electrons. The zero-order valence-electron chi connectivity index (χ0n) is 12.9. The van der Waals surface area contributed by atoms with Gasteiger partial charge >= 0.3 is 0 Å². The van der Waals surface area contributed by atoms with Gasteiger partial charge in [0.25, 0.3) is 5.91 Å². The molecule has 0 aliphatic carbocycles. The van der Waals surface area contributed by atoms with E-state index < -0.39 is 29.5 Å². The fourth-order valence-corrected chi connectivity index (χ4v) is 2.15. The fraction of sp³-hybridized carbons (Fsp3) is 0.176. The van der Waals surface area contributed by atoms with Crippen molar-refractivity contribution in [3.63, 3.8) is 0 Å². The van der Waals surface area contributed by atoms with Crippen molar-refractivity contribution in [1.29, 1.82) is 0 Å². The molecule has 7 heteroatoms. The highest BCUT2D eigenvalue weighted by atomic mass is 19.1. The van der Waals surface area contributed by atoms with Gasteiger partial charge < -0.3 is 15.8 Å². The molecule has 2 aromatic rings. The number of primary amides is 1. The Morgan fingerprint density at radius 3 is 2.21 bits per heavy atom. The topological polar surface area (TPSA) is 81.4 Å². The van der Waals surface area contributed by atoms with Crippen LogP contribution in [0.4, 0.5) is 8.78 Å². The van der Waals surface area contributed by atoms with Gasteiger partial charge in [0.05, 0.1) is 7.11 Å². The zero-order valence-corrected chi connectivity index (χ0v) is 12.9. The second kappa shape index (κ2) is 7.54. The standard InChI is InChI=1S/C17H16F2N2O3/c1-24-14-4-2-10(3-5-14)6-15(16(20)22)21-17(23)11-7-12(18)9-13(19)8-11/h2-5,7-9,15H,6H2,1H3,(H2,20,22)(H,21,23)/t15-/m1/s1. The molecule has 0 bridgehead atoms. The van der Waals surface area contributed by atoms with Crippen molar-refractivity contribution in [2.45, 2.75) is 12.5 Å². The highest BCUT2D eigenvalue weighted by molar-refractivity contribution is 5.97. The zero-order chi connectivity index (χ0) is 17.7. The van der Waals surface area contributed by atoms with Gasteiger partial charge in [0, 0.05) is 18.1 Å². The maximum atomic E-state index is 13.2. The molecule has 0 heterocycles. The lowest BCUT2D eigenvalue weighted by Gasteiger charge is -2.16. The summed E-state index contributed by atoms with van der Waals surface area (Å²) in [7, 11) is 1.53. The van der Waals surface area contributed by atoms with Crippen molar-refractivity contribution >= 4 is 11.8 Å². The molecule has 0 spiro atoms. The minimum absolute atomic E-state index is 0.142. The molecule has 0 aromatic heterocycles. The molecule has 0 radical (unpaired) electrons. The van der Waals surface area contributed by atoms with Crippen LogP contribution in [0.1, 0.15) is 15.9 Å². The Hall–Kier alpha value is -2.96. The summed E-state index contributed by atoms with van der Waals surface area (Å²) >= 11 is 0. The van der Waals surface area contributed by atoms with Gasteiger partial charge in [-0.2, -0.15) is 0 Å². The van der Waals surface area contributed by atoms with E-state index in [2.05, 4.69) is 5.32 Å². The van der Waals surface area contributed by atoms with Crippen LogP contribution in [0.3, 0.4) is 0 Å². The molecule has 0 saturated heterocycles. The molecule has 0 aliphatic heterocycles. The largest absolute Gasteiger partial charge is 0.497 e. The molecule has 2 aromatic carbocycles. The SMILES string of the molecule is COc1ccc(C[C@@H](NC(=O)c2cc(F)cc(F)c2)C(N)=O)cc1. The summed E-state index contributed by atoms with van der Waals surface area (Å²) in [5.41, 5.74) is 5.81. The second-order valence-corrected chi connectivity index (χ2v) is 5.14. The number of nitrogens with two attached hydrogens (primary N) is 1. The van der Waals surface area contributed by atoms with Gasteiger partial charge in [-0.25, -0.2) is 8.78 Å². The predicted octanol–water partition coefficient (Wildman–Crippen LogP) is 1.80. The maximum Gasteiger partial charge on any atom is 0.252 e. The molecular formula is C17H16F2N2O3. The number of hydrogen-bond acceptors (Lipinski definition) is 3. The predicted molar refractivity (Wildman–Crippen MR) is 83.5 cm³/mol. The van der Waals surface area contributed by atoms with E-state index in [1.165, 1.54) is 7.11 Å². The van der Waals surface area contributed by atoms with Crippen LogP contribution >= 0.6 is 0 Å². The fourth-order valence-electron chi connectivity index (χ4n) is 2.15. The summed E-state index contributed by atoms with van der Waals surface area (Å²) in [4.78, 5) is 23.6. The Labute approximate surface area is 137 Å². The van der Waals surface area contributed by atoms with Gasteiger partial charge in [-0.3, -0.25) is 9.59 Å². The summed E-state index contributed by atoms with van der Waals surface area (Å²) in [5.74, 6) is -2.66. The van der Waals surface area contributed by atoms with E-state index in [0.29, 0.717) is 11.8 Å². The second-order valence-electron chi connectivity index (χ2n) is 5.14. The van der Waals surface area contributed by atoms with Crippen LogP contribution in [0, 0.1) is 11.6 Å². The number of ether oxygens (including phenoxy) is 1. The van der Waals surface area contributed by atoms with Gasteiger partial charge in [0.15, 0.2) is 0 Å². The number of rotatable bonds is 6. The van der Waals surface area contributed by atoms with E-state index in [1.54, 1.807) is 24.3 Å². The van der Waals surface area contributed by atoms with Crippen molar-refractivity contribution < 1.29 is 23.1 Å². The van der Waals surface area contributed by atoms with Gasteiger partial charge in [-0.05, 0) is 29.8 Å². The molecule has 24 heavy (non-hydrogen) atoms. The van der Waals surface area contributed by atoms with Crippen molar-refractivity contribution in [2.75, 3.05) is 7.11 Å². The number of benzene rings is 2. The first-order valence-electron chi connectivity index (χ1n) is 7.08.